The third kappa shape index (κ3) is 4.98. The minimum Gasteiger partial charge on any atom is -0.492 e. The Hall–Kier alpha value is -3.13. The zero-order valence-electron chi connectivity index (χ0n) is 15.8. The summed E-state index contributed by atoms with van der Waals surface area (Å²) in [4.78, 5) is 27.0. The number of hydrogen-bond donors (Lipinski definition) is 1. The molecule has 0 bridgehead atoms. The van der Waals surface area contributed by atoms with E-state index in [1.807, 2.05) is 25.1 Å². The molecule has 0 radical (unpaired) electrons. The fraction of sp³-hybridized carbons (Fsp3) is 0.350. The van der Waals surface area contributed by atoms with E-state index < -0.39 is 4.92 Å². The van der Waals surface area contributed by atoms with E-state index in [9.17, 15) is 14.9 Å². The van der Waals surface area contributed by atoms with Crippen LogP contribution in [0.3, 0.4) is 0 Å². The van der Waals surface area contributed by atoms with E-state index in [0.29, 0.717) is 12.3 Å². The van der Waals surface area contributed by atoms with Gasteiger partial charge in [0.25, 0.3) is 5.69 Å². The molecule has 0 unspecified atom stereocenters. The van der Waals surface area contributed by atoms with Crippen molar-refractivity contribution >= 4 is 23.0 Å². The van der Waals surface area contributed by atoms with E-state index in [1.54, 1.807) is 12.1 Å². The second-order valence-electron chi connectivity index (χ2n) is 6.52. The second kappa shape index (κ2) is 9.18. The lowest BCUT2D eigenvalue weighted by Gasteiger charge is -2.36. The Morgan fingerprint density at radius 2 is 1.89 bits per heavy atom. The maximum absolute atomic E-state index is 12.3. The number of nitrogens with one attached hydrogen (secondary N) is 1. The topological polar surface area (TPSA) is 88.0 Å². The summed E-state index contributed by atoms with van der Waals surface area (Å²) in [6.45, 7) is 5.95. The molecule has 0 aromatic heterocycles. The van der Waals surface area contributed by atoms with Crippen LogP contribution < -0.4 is 15.0 Å². The average molecular weight is 384 g/mol. The summed E-state index contributed by atoms with van der Waals surface area (Å²) in [6, 6.07) is 13.9. The number of non-ortho nitro benzene ring substituents is 1. The Bertz CT molecular complexity index is 834. The zero-order chi connectivity index (χ0) is 19.9. The summed E-state index contributed by atoms with van der Waals surface area (Å²) in [5.41, 5.74) is 1.47. The molecule has 0 spiro atoms. The lowest BCUT2D eigenvalue weighted by Crippen LogP contribution is -2.48. The molecule has 148 valence electrons. The SMILES string of the molecule is CCOc1ccccc1N1CCN(CC(=O)Nc2cccc([N+](=O)[O-])c2)CC1. The molecule has 1 heterocycles. The van der Waals surface area contributed by atoms with Crippen LogP contribution in [0.5, 0.6) is 5.75 Å². The summed E-state index contributed by atoms with van der Waals surface area (Å²) in [5.74, 6) is 0.700. The van der Waals surface area contributed by atoms with Crippen LogP contribution >= 0.6 is 0 Å². The molecule has 0 aliphatic carbocycles. The molecule has 3 rings (SSSR count). The Morgan fingerprint density at radius 1 is 1.14 bits per heavy atom. The summed E-state index contributed by atoms with van der Waals surface area (Å²) in [5, 5.41) is 13.6. The van der Waals surface area contributed by atoms with Crippen LogP contribution in [0, 0.1) is 10.1 Å². The predicted molar refractivity (Wildman–Crippen MR) is 108 cm³/mol. The maximum Gasteiger partial charge on any atom is 0.271 e. The number of benzene rings is 2. The lowest BCUT2D eigenvalue weighted by molar-refractivity contribution is -0.384. The van der Waals surface area contributed by atoms with Crippen molar-refractivity contribution in [3.8, 4) is 5.75 Å². The molecule has 1 saturated heterocycles. The number of nitro benzene ring substituents is 1. The minimum absolute atomic E-state index is 0.0422. The molecule has 28 heavy (non-hydrogen) atoms. The first-order valence-electron chi connectivity index (χ1n) is 9.30. The molecule has 1 aliphatic heterocycles. The van der Waals surface area contributed by atoms with Crippen LogP contribution in [0.15, 0.2) is 48.5 Å². The summed E-state index contributed by atoms with van der Waals surface area (Å²) >= 11 is 0. The van der Waals surface area contributed by atoms with Crippen LogP contribution in [0.4, 0.5) is 17.1 Å². The molecular weight excluding hydrogens is 360 g/mol. The van der Waals surface area contributed by atoms with Crippen LogP contribution in [0.2, 0.25) is 0 Å². The van der Waals surface area contributed by atoms with Crippen molar-refractivity contribution in [2.24, 2.45) is 0 Å². The van der Waals surface area contributed by atoms with Gasteiger partial charge in [0.1, 0.15) is 5.75 Å². The van der Waals surface area contributed by atoms with Gasteiger partial charge >= 0.3 is 0 Å². The summed E-state index contributed by atoms with van der Waals surface area (Å²) < 4.78 is 5.71. The van der Waals surface area contributed by atoms with Crippen molar-refractivity contribution in [1.82, 2.24) is 4.90 Å². The second-order valence-corrected chi connectivity index (χ2v) is 6.52. The molecule has 8 heteroatoms. The van der Waals surface area contributed by atoms with Gasteiger partial charge < -0.3 is 15.0 Å². The van der Waals surface area contributed by atoms with Crippen molar-refractivity contribution in [1.29, 1.82) is 0 Å². The van der Waals surface area contributed by atoms with E-state index in [0.717, 1.165) is 37.6 Å². The van der Waals surface area contributed by atoms with E-state index >= 15 is 0 Å². The molecular formula is C20H24N4O4. The number of piperazine rings is 1. The van der Waals surface area contributed by atoms with Crippen LogP contribution in [-0.2, 0) is 4.79 Å². The number of ether oxygens (including phenoxy) is 1. The number of anilines is 2. The predicted octanol–water partition coefficient (Wildman–Crippen LogP) is 2.75. The minimum atomic E-state index is -0.477. The Morgan fingerprint density at radius 3 is 2.61 bits per heavy atom. The van der Waals surface area contributed by atoms with Gasteiger partial charge in [0.05, 0.1) is 23.8 Å². The van der Waals surface area contributed by atoms with E-state index in [2.05, 4.69) is 21.2 Å². The number of carbonyl (C=O) groups is 1. The van der Waals surface area contributed by atoms with Crippen LogP contribution in [0.25, 0.3) is 0 Å². The Balaban J connectivity index is 1.52. The van der Waals surface area contributed by atoms with E-state index in [1.165, 1.54) is 12.1 Å². The van der Waals surface area contributed by atoms with Crippen molar-refractivity contribution in [2.45, 2.75) is 6.92 Å². The van der Waals surface area contributed by atoms with Gasteiger partial charge in [-0.25, -0.2) is 0 Å². The standard InChI is InChI=1S/C20H24N4O4/c1-2-28-19-9-4-3-8-18(19)23-12-10-22(11-13-23)15-20(25)21-16-6-5-7-17(14-16)24(26)27/h3-9,14H,2,10-13,15H2,1H3,(H,21,25). The van der Waals surface area contributed by atoms with Gasteiger partial charge in [0.15, 0.2) is 0 Å². The lowest BCUT2D eigenvalue weighted by atomic mass is 10.2. The zero-order valence-corrected chi connectivity index (χ0v) is 15.8. The normalized spacial score (nSPS) is 14.5. The van der Waals surface area contributed by atoms with Crippen LogP contribution in [0.1, 0.15) is 6.92 Å². The van der Waals surface area contributed by atoms with Crippen molar-refractivity contribution in [3.63, 3.8) is 0 Å². The summed E-state index contributed by atoms with van der Waals surface area (Å²) in [7, 11) is 0. The first kappa shape index (κ1) is 19.6. The molecule has 0 saturated carbocycles. The fourth-order valence-corrected chi connectivity index (χ4v) is 3.24. The number of hydrogen-bond acceptors (Lipinski definition) is 6. The first-order valence-corrected chi connectivity index (χ1v) is 9.30. The molecule has 0 atom stereocenters. The monoisotopic (exact) mass is 384 g/mol. The van der Waals surface area contributed by atoms with Gasteiger partial charge in [-0.1, -0.05) is 18.2 Å². The van der Waals surface area contributed by atoms with Gasteiger partial charge in [-0.05, 0) is 25.1 Å². The molecule has 1 fully saturated rings. The van der Waals surface area contributed by atoms with Gasteiger partial charge in [0.2, 0.25) is 5.91 Å². The molecule has 1 aliphatic rings. The number of rotatable bonds is 7. The van der Waals surface area contributed by atoms with Crippen LogP contribution in [-0.4, -0.2) is 55.1 Å². The fourth-order valence-electron chi connectivity index (χ4n) is 3.24. The highest BCUT2D eigenvalue weighted by molar-refractivity contribution is 5.92. The largest absolute Gasteiger partial charge is 0.492 e. The van der Waals surface area contributed by atoms with Gasteiger partial charge in [0, 0.05) is 44.0 Å². The Kier molecular flexibility index (Phi) is 6.44. The highest BCUT2D eigenvalue weighted by Gasteiger charge is 2.21. The van der Waals surface area contributed by atoms with Crippen molar-refractivity contribution < 1.29 is 14.5 Å². The molecule has 2 aromatic carbocycles. The Labute approximate surface area is 163 Å². The van der Waals surface area contributed by atoms with Gasteiger partial charge in [-0.15, -0.1) is 0 Å². The molecule has 1 N–H and O–H groups in total. The molecule has 2 aromatic rings. The quantitative estimate of drug-likeness (QED) is 0.583. The maximum atomic E-state index is 12.3. The first-order chi connectivity index (χ1) is 13.6. The van der Waals surface area contributed by atoms with E-state index in [-0.39, 0.29) is 18.1 Å². The smallest absolute Gasteiger partial charge is 0.271 e. The number of nitro groups is 1. The number of para-hydroxylation sites is 2. The highest BCUT2D eigenvalue weighted by Crippen LogP contribution is 2.28. The van der Waals surface area contributed by atoms with Crippen molar-refractivity contribution in [2.75, 3.05) is 49.5 Å². The average Bonchev–Trinajstić information content (AvgIpc) is 2.69. The highest BCUT2D eigenvalue weighted by atomic mass is 16.6. The van der Waals surface area contributed by atoms with Crippen molar-refractivity contribution in [3.05, 3.63) is 58.6 Å². The van der Waals surface area contributed by atoms with Gasteiger partial charge in [-0.3, -0.25) is 19.8 Å². The number of amides is 1. The molecule has 8 nitrogen and oxygen atoms in total. The summed E-state index contributed by atoms with van der Waals surface area (Å²) in [6.07, 6.45) is 0. The van der Waals surface area contributed by atoms with Gasteiger partial charge in [-0.2, -0.15) is 0 Å². The number of carbonyl (C=O) groups excluding carboxylic acids is 1. The third-order valence-corrected chi connectivity index (χ3v) is 4.59. The third-order valence-electron chi connectivity index (χ3n) is 4.59. The number of nitrogens with zero attached hydrogens (tertiary/aromatic N) is 3. The molecule has 1 amide bonds. The van der Waals surface area contributed by atoms with E-state index in [4.69, 9.17) is 4.74 Å².